The highest BCUT2D eigenvalue weighted by molar-refractivity contribution is 5.95. The van der Waals surface area contributed by atoms with Gasteiger partial charge in [0.15, 0.2) is 0 Å². The van der Waals surface area contributed by atoms with Crippen LogP contribution in [0.4, 0.5) is 11.4 Å². The molecule has 4 nitrogen and oxygen atoms in total. The van der Waals surface area contributed by atoms with E-state index in [4.69, 9.17) is 0 Å². The van der Waals surface area contributed by atoms with Gasteiger partial charge in [0, 0.05) is 37.6 Å². The number of para-hydroxylation sites is 2. The molecular weight excluding hydrogens is 334 g/mol. The summed E-state index contributed by atoms with van der Waals surface area (Å²) < 4.78 is 0. The number of hydrogen-bond acceptors (Lipinski definition) is 3. The molecule has 27 heavy (non-hydrogen) atoms. The Bertz CT molecular complexity index is 738. The summed E-state index contributed by atoms with van der Waals surface area (Å²) in [6.45, 7) is 10.1. The molecule has 3 rings (SSSR count). The van der Waals surface area contributed by atoms with E-state index < -0.39 is 0 Å². The van der Waals surface area contributed by atoms with Crippen LogP contribution in [0.2, 0.25) is 0 Å². The van der Waals surface area contributed by atoms with E-state index in [-0.39, 0.29) is 11.9 Å². The number of hydrogen-bond donors (Lipinski definition) is 1. The fraction of sp³-hybridized carbons (Fsp3) is 0.435. The number of amides is 1. The standard InChI is InChI=1S/C23H31N3O/c1-4-18(2)21-12-8-9-13-22(21)24-23(27)19(3)25-14-16-26(17-15-25)20-10-6-5-7-11-20/h5-13,18-19H,4,14-17H2,1-3H3,(H,24,27)/t18-,19+/m1/s1. The van der Waals surface area contributed by atoms with Crippen molar-refractivity contribution >= 4 is 17.3 Å². The van der Waals surface area contributed by atoms with E-state index in [0.717, 1.165) is 38.3 Å². The van der Waals surface area contributed by atoms with Crippen LogP contribution in [0, 0.1) is 0 Å². The fourth-order valence-corrected chi connectivity index (χ4v) is 3.67. The Labute approximate surface area is 163 Å². The van der Waals surface area contributed by atoms with Crippen LogP contribution in [0.15, 0.2) is 54.6 Å². The van der Waals surface area contributed by atoms with E-state index in [1.807, 2.05) is 31.2 Å². The van der Waals surface area contributed by atoms with Gasteiger partial charge in [-0.15, -0.1) is 0 Å². The summed E-state index contributed by atoms with van der Waals surface area (Å²) in [6, 6.07) is 18.5. The van der Waals surface area contributed by atoms with Crippen LogP contribution >= 0.6 is 0 Å². The normalized spacial score (nSPS) is 17.4. The summed E-state index contributed by atoms with van der Waals surface area (Å²) in [6.07, 6.45) is 1.06. The van der Waals surface area contributed by atoms with Gasteiger partial charge in [0.25, 0.3) is 0 Å². The van der Waals surface area contributed by atoms with Crippen molar-refractivity contribution in [2.45, 2.75) is 39.2 Å². The lowest BCUT2D eigenvalue weighted by Crippen LogP contribution is -2.52. The molecule has 0 spiro atoms. The smallest absolute Gasteiger partial charge is 0.241 e. The third-order valence-corrected chi connectivity index (χ3v) is 5.72. The summed E-state index contributed by atoms with van der Waals surface area (Å²) in [7, 11) is 0. The Morgan fingerprint density at radius 2 is 1.59 bits per heavy atom. The maximum atomic E-state index is 12.9. The number of nitrogens with zero attached hydrogens (tertiary/aromatic N) is 2. The third kappa shape index (κ3) is 4.69. The molecule has 2 aromatic rings. The minimum Gasteiger partial charge on any atom is -0.369 e. The molecule has 1 amide bonds. The average Bonchev–Trinajstić information content (AvgIpc) is 2.73. The Morgan fingerprint density at radius 3 is 2.26 bits per heavy atom. The molecule has 1 fully saturated rings. The fourth-order valence-electron chi connectivity index (χ4n) is 3.67. The maximum absolute atomic E-state index is 12.9. The van der Waals surface area contributed by atoms with Gasteiger partial charge in [-0.2, -0.15) is 0 Å². The molecule has 1 N–H and O–H groups in total. The summed E-state index contributed by atoms with van der Waals surface area (Å²) in [5.41, 5.74) is 3.43. The van der Waals surface area contributed by atoms with Crippen LogP contribution in [0.25, 0.3) is 0 Å². The van der Waals surface area contributed by atoms with Gasteiger partial charge in [-0.1, -0.05) is 50.2 Å². The van der Waals surface area contributed by atoms with E-state index >= 15 is 0 Å². The molecule has 1 heterocycles. The highest BCUT2D eigenvalue weighted by Crippen LogP contribution is 2.27. The van der Waals surface area contributed by atoms with Crippen molar-refractivity contribution in [2.24, 2.45) is 0 Å². The van der Waals surface area contributed by atoms with Gasteiger partial charge in [-0.05, 0) is 43.0 Å². The number of benzene rings is 2. The van der Waals surface area contributed by atoms with Gasteiger partial charge in [-0.25, -0.2) is 0 Å². The lowest BCUT2D eigenvalue weighted by Gasteiger charge is -2.38. The lowest BCUT2D eigenvalue weighted by atomic mass is 9.97. The molecule has 0 bridgehead atoms. The molecule has 1 aliphatic heterocycles. The summed E-state index contributed by atoms with van der Waals surface area (Å²) in [5.74, 6) is 0.519. The molecule has 1 saturated heterocycles. The minimum absolute atomic E-state index is 0.0823. The first kappa shape index (κ1) is 19.4. The zero-order chi connectivity index (χ0) is 19.2. The van der Waals surface area contributed by atoms with Crippen molar-refractivity contribution in [3.63, 3.8) is 0 Å². The molecule has 2 atom stereocenters. The third-order valence-electron chi connectivity index (χ3n) is 5.72. The molecule has 2 aromatic carbocycles. The molecule has 0 aliphatic carbocycles. The zero-order valence-corrected chi connectivity index (χ0v) is 16.7. The van der Waals surface area contributed by atoms with Crippen LogP contribution < -0.4 is 10.2 Å². The maximum Gasteiger partial charge on any atom is 0.241 e. The molecule has 1 aliphatic rings. The summed E-state index contributed by atoms with van der Waals surface area (Å²) in [5, 5.41) is 3.17. The minimum atomic E-state index is -0.132. The monoisotopic (exact) mass is 365 g/mol. The quantitative estimate of drug-likeness (QED) is 0.827. The molecule has 4 heteroatoms. The van der Waals surface area contributed by atoms with Gasteiger partial charge < -0.3 is 10.2 Å². The van der Waals surface area contributed by atoms with E-state index in [0.29, 0.717) is 5.92 Å². The second-order valence-electron chi connectivity index (χ2n) is 7.42. The van der Waals surface area contributed by atoms with Gasteiger partial charge in [-0.3, -0.25) is 9.69 Å². The summed E-state index contributed by atoms with van der Waals surface area (Å²) in [4.78, 5) is 17.5. The van der Waals surface area contributed by atoms with E-state index in [9.17, 15) is 4.79 Å². The average molecular weight is 366 g/mol. The number of nitrogens with one attached hydrogen (secondary N) is 1. The van der Waals surface area contributed by atoms with E-state index in [1.54, 1.807) is 0 Å². The predicted molar refractivity (Wildman–Crippen MR) is 113 cm³/mol. The number of rotatable bonds is 6. The second kappa shape index (κ2) is 9.05. The first-order chi connectivity index (χ1) is 13.1. The Kier molecular flexibility index (Phi) is 6.51. The Balaban J connectivity index is 1.59. The van der Waals surface area contributed by atoms with Crippen molar-refractivity contribution in [2.75, 3.05) is 36.4 Å². The van der Waals surface area contributed by atoms with Gasteiger partial charge in [0.2, 0.25) is 5.91 Å². The molecule has 144 valence electrons. The van der Waals surface area contributed by atoms with Crippen molar-refractivity contribution in [1.29, 1.82) is 0 Å². The summed E-state index contributed by atoms with van der Waals surface area (Å²) >= 11 is 0. The highest BCUT2D eigenvalue weighted by atomic mass is 16.2. The SMILES string of the molecule is CC[C@@H](C)c1ccccc1NC(=O)[C@H](C)N1CCN(c2ccccc2)CC1. The molecule has 0 aromatic heterocycles. The number of carbonyl (C=O) groups excluding carboxylic acids is 1. The number of piperazine rings is 1. The zero-order valence-electron chi connectivity index (χ0n) is 16.7. The van der Waals surface area contributed by atoms with Crippen LogP contribution in [0.3, 0.4) is 0 Å². The van der Waals surface area contributed by atoms with Gasteiger partial charge in [0.1, 0.15) is 0 Å². The molecule has 0 saturated carbocycles. The van der Waals surface area contributed by atoms with Gasteiger partial charge in [0.05, 0.1) is 6.04 Å². The van der Waals surface area contributed by atoms with Crippen LogP contribution in [0.1, 0.15) is 38.7 Å². The van der Waals surface area contributed by atoms with Crippen LogP contribution in [-0.2, 0) is 4.79 Å². The van der Waals surface area contributed by atoms with Crippen LogP contribution in [-0.4, -0.2) is 43.0 Å². The molecule has 0 radical (unpaired) electrons. The largest absolute Gasteiger partial charge is 0.369 e. The first-order valence-electron chi connectivity index (χ1n) is 10.0. The van der Waals surface area contributed by atoms with Gasteiger partial charge >= 0.3 is 0 Å². The highest BCUT2D eigenvalue weighted by Gasteiger charge is 2.26. The molecule has 0 unspecified atom stereocenters. The molecular formula is C23H31N3O. The van der Waals surface area contributed by atoms with Crippen molar-refractivity contribution in [3.8, 4) is 0 Å². The first-order valence-corrected chi connectivity index (χ1v) is 10.0. The van der Waals surface area contributed by atoms with Crippen molar-refractivity contribution in [3.05, 3.63) is 60.2 Å². The number of carbonyl (C=O) groups is 1. The van der Waals surface area contributed by atoms with E-state index in [2.05, 4.69) is 59.3 Å². The second-order valence-corrected chi connectivity index (χ2v) is 7.42. The predicted octanol–water partition coefficient (Wildman–Crippen LogP) is 4.35. The Hall–Kier alpha value is -2.33. The number of anilines is 2. The van der Waals surface area contributed by atoms with Crippen molar-refractivity contribution in [1.82, 2.24) is 4.90 Å². The lowest BCUT2D eigenvalue weighted by molar-refractivity contribution is -0.120. The van der Waals surface area contributed by atoms with Crippen LogP contribution in [0.5, 0.6) is 0 Å². The topological polar surface area (TPSA) is 35.6 Å². The van der Waals surface area contributed by atoms with Crippen molar-refractivity contribution < 1.29 is 4.79 Å². The Morgan fingerprint density at radius 1 is 0.963 bits per heavy atom. The van der Waals surface area contributed by atoms with E-state index in [1.165, 1.54) is 11.3 Å².